The van der Waals surface area contributed by atoms with Crippen molar-refractivity contribution in [1.82, 2.24) is 9.55 Å². The molecule has 0 radical (unpaired) electrons. The van der Waals surface area contributed by atoms with Crippen LogP contribution < -0.4 is 0 Å². The fourth-order valence-corrected chi connectivity index (χ4v) is 1.84. The van der Waals surface area contributed by atoms with Gasteiger partial charge in [-0.05, 0) is 19.4 Å². The van der Waals surface area contributed by atoms with Crippen LogP contribution in [0.5, 0.6) is 0 Å². The topological polar surface area (TPSA) is 41.6 Å². The average Bonchev–Trinajstić information content (AvgIpc) is 2.56. The minimum Gasteiger partial charge on any atom is -0.330 e. The first kappa shape index (κ1) is 10.4. The standard InChI is InChI=1S/C13H13N3/c1-9-6-4-5-7-11(9)13-12(8-14)15-10(2)16(13)3/h4-7H,1-3H3. The van der Waals surface area contributed by atoms with Gasteiger partial charge in [0.1, 0.15) is 11.9 Å². The third-order valence-electron chi connectivity index (χ3n) is 2.82. The van der Waals surface area contributed by atoms with E-state index in [-0.39, 0.29) is 0 Å². The second kappa shape index (κ2) is 3.82. The fraction of sp³-hybridized carbons (Fsp3) is 0.231. The van der Waals surface area contributed by atoms with Crippen molar-refractivity contribution in [3.8, 4) is 17.3 Å². The number of nitriles is 1. The number of aryl methyl sites for hydroxylation is 2. The fourth-order valence-electron chi connectivity index (χ4n) is 1.84. The van der Waals surface area contributed by atoms with E-state index in [1.807, 2.05) is 49.7 Å². The maximum absolute atomic E-state index is 9.08. The Morgan fingerprint density at radius 3 is 2.56 bits per heavy atom. The summed E-state index contributed by atoms with van der Waals surface area (Å²) in [6, 6.07) is 10.2. The van der Waals surface area contributed by atoms with Gasteiger partial charge in [-0.1, -0.05) is 24.3 Å². The second-order valence-corrected chi connectivity index (χ2v) is 3.84. The third-order valence-corrected chi connectivity index (χ3v) is 2.82. The normalized spacial score (nSPS) is 10.1. The Morgan fingerprint density at radius 1 is 1.25 bits per heavy atom. The van der Waals surface area contributed by atoms with Crippen LogP contribution in [0.25, 0.3) is 11.3 Å². The molecule has 0 aliphatic rings. The lowest BCUT2D eigenvalue weighted by Gasteiger charge is -2.07. The number of rotatable bonds is 1. The van der Waals surface area contributed by atoms with Crippen LogP contribution in [0.2, 0.25) is 0 Å². The molecule has 0 atom stereocenters. The van der Waals surface area contributed by atoms with E-state index in [9.17, 15) is 0 Å². The summed E-state index contributed by atoms with van der Waals surface area (Å²) >= 11 is 0. The molecule has 2 rings (SSSR count). The lowest BCUT2D eigenvalue weighted by Crippen LogP contribution is -1.96. The molecule has 0 amide bonds. The summed E-state index contributed by atoms with van der Waals surface area (Å²) in [4.78, 5) is 4.25. The van der Waals surface area contributed by atoms with E-state index in [2.05, 4.69) is 11.1 Å². The number of nitrogens with zero attached hydrogens (tertiary/aromatic N) is 3. The zero-order valence-electron chi connectivity index (χ0n) is 9.65. The lowest BCUT2D eigenvalue weighted by atomic mass is 10.0. The molecule has 1 aromatic carbocycles. The van der Waals surface area contributed by atoms with Crippen molar-refractivity contribution in [1.29, 1.82) is 5.26 Å². The van der Waals surface area contributed by atoms with Crippen LogP contribution in [-0.4, -0.2) is 9.55 Å². The quantitative estimate of drug-likeness (QED) is 0.727. The molecule has 1 aromatic heterocycles. The predicted molar refractivity (Wildman–Crippen MR) is 62.8 cm³/mol. The first-order valence-corrected chi connectivity index (χ1v) is 5.14. The number of aromatic nitrogens is 2. The maximum atomic E-state index is 9.08. The molecule has 16 heavy (non-hydrogen) atoms. The van der Waals surface area contributed by atoms with Crippen LogP contribution in [0.15, 0.2) is 24.3 Å². The number of hydrogen-bond acceptors (Lipinski definition) is 2. The Hall–Kier alpha value is -2.08. The molecule has 0 spiro atoms. The molecule has 0 saturated heterocycles. The molecule has 80 valence electrons. The molecule has 0 saturated carbocycles. The van der Waals surface area contributed by atoms with E-state index in [0.717, 1.165) is 22.6 Å². The molecular formula is C13H13N3. The van der Waals surface area contributed by atoms with E-state index >= 15 is 0 Å². The minimum atomic E-state index is 0.495. The first-order chi connectivity index (χ1) is 7.65. The summed E-state index contributed by atoms with van der Waals surface area (Å²) in [7, 11) is 1.94. The van der Waals surface area contributed by atoms with Crippen molar-refractivity contribution in [2.45, 2.75) is 13.8 Å². The van der Waals surface area contributed by atoms with Crippen LogP contribution in [0.3, 0.4) is 0 Å². The molecular weight excluding hydrogens is 198 g/mol. The molecule has 1 heterocycles. The van der Waals surface area contributed by atoms with E-state index in [4.69, 9.17) is 5.26 Å². The molecule has 0 unspecified atom stereocenters. The van der Waals surface area contributed by atoms with Gasteiger partial charge in [-0.25, -0.2) is 4.98 Å². The Balaban J connectivity index is 2.74. The van der Waals surface area contributed by atoms with E-state index in [1.165, 1.54) is 0 Å². The molecule has 2 aromatic rings. The zero-order chi connectivity index (χ0) is 11.7. The van der Waals surface area contributed by atoms with Gasteiger partial charge in [0.2, 0.25) is 0 Å². The molecule has 3 heteroatoms. The Morgan fingerprint density at radius 2 is 1.94 bits per heavy atom. The van der Waals surface area contributed by atoms with Crippen LogP contribution in [0, 0.1) is 25.2 Å². The van der Waals surface area contributed by atoms with Crippen LogP contribution >= 0.6 is 0 Å². The van der Waals surface area contributed by atoms with E-state index in [1.54, 1.807) is 0 Å². The monoisotopic (exact) mass is 211 g/mol. The number of imidazole rings is 1. The summed E-state index contributed by atoms with van der Waals surface area (Å²) in [5.74, 6) is 0.856. The Bertz CT molecular complexity index is 573. The highest BCUT2D eigenvalue weighted by Crippen LogP contribution is 2.26. The van der Waals surface area contributed by atoms with Crippen LogP contribution in [0.4, 0.5) is 0 Å². The molecule has 0 fully saturated rings. The number of benzene rings is 1. The summed E-state index contributed by atoms with van der Waals surface area (Å²) in [5.41, 5.74) is 3.62. The van der Waals surface area contributed by atoms with Gasteiger partial charge in [0.15, 0.2) is 5.69 Å². The van der Waals surface area contributed by atoms with Gasteiger partial charge in [0, 0.05) is 12.6 Å². The van der Waals surface area contributed by atoms with Crippen LogP contribution in [0.1, 0.15) is 17.1 Å². The van der Waals surface area contributed by atoms with Crippen molar-refractivity contribution in [3.05, 3.63) is 41.3 Å². The molecule has 0 aliphatic heterocycles. The van der Waals surface area contributed by atoms with Gasteiger partial charge in [0.05, 0.1) is 5.69 Å². The highest BCUT2D eigenvalue weighted by molar-refractivity contribution is 5.69. The highest BCUT2D eigenvalue weighted by Gasteiger charge is 2.14. The van der Waals surface area contributed by atoms with Crippen LogP contribution in [-0.2, 0) is 7.05 Å². The van der Waals surface area contributed by atoms with Crippen molar-refractivity contribution in [3.63, 3.8) is 0 Å². The molecule has 0 aliphatic carbocycles. The van der Waals surface area contributed by atoms with Gasteiger partial charge in [-0.15, -0.1) is 0 Å². The van der Waals surface area contributed by atoms with Crippen molar-refractivity contribution < 1.29 is 0 Å². The lowest BCUT2D eigenvalue weighted by molar-refractivity contribution is 0.864. The van der Waals surface area contributed by atoms with Gasteiger partial charge in [-0.2, -0.15) is 5.26 Å². The molecule has 3 nitrogen and oxygen atoms in total. The highest BCUT2D eigenvalue weighted by atomic mass is 15.1. The van der Waals surface area contributed by atoms with E-state index in [0.29, 0.717) is 5.69 Å². The number of hydrogen-bond donors (Lipinski definition) is 0. The van der Waals surface area contributed by atoms with Gasteiger partial charge in [0.25, 0.3) is 0 Å². The van der Waals surface area contributed by atoms with Gasteiger partial charge < -0.3 is 4.57 Å². The maximum Gasteiger partial charge on any atom is 0.166 e. The SMILES string of the molecule is Cc1ccccc1-c1c(C#N)nc(C)n1C. The van der Waals surface area contributed by atoms with Crippen molar-refractivity contribution >= 4 is 0 Å². The minimum absolute atomic E-state index is 0.495. The van der Waals surface area contributed by atoms with Crippen molar-refractivity contribution in [2.75, 3.05) is 0 Å². The van der Waals surface area contributed by atoms with Crippen molar-refractivity contribution in [2.24, 2.45) is 7.05 Å². The predicted octanol–water partition coefficient (Wildman–Crippen LogP) is 2.58. The van der Waals surface area contributed by atoms with E-state index < -0.39 is 0 Å². The molecule has 0 bridgehead atoms. The molecule has 0 N–H and O–H groups in total. The summed E-state index contributed by atoms with van der Waals surface area (Å²) < 4.78 is 1.96. The average molecular weight is 211 g/mol. The smallest absolute Gasteiger partial charge is 0.166 e. The summed E-state index contributed by atoms with van der Waals surface area (Å²) in [5, 5.41) is 9.08. The zero-order valence-corrected chi connectivity index (χ0v) is 9.65. The van der Waals surface area contributed by atoms with Gasteiger partial charge >= 0.3 is 0 Å². The van der Waals surface area contributed by atoms with Gasteiger partial charge in [-0.3, -0.25) is 0 Å². The Labute approximate surface area is 95.0 Å². The summed E-state index contributed by atoms with van der Waals surface area (Å²) in [6.07, 6.45) is 0. The third kappa shape index (κ3) is 1.49. The largest absolute Gasteiger partial charge is 0.330 e. The summed E-state index contributed by atoms with van der Waals surface area (Å²) in [6.45, 7) is 3.95. The Kier molecular flexibility index (Phi) is 2.49. The first-order valence-electron chi connectivity index (χ1n) is 5.14. The second-order valence-electron chi connectivity index (χ2n) is 3.84.